The Morgan fingerprint density at radius 2 is 1.82 bits per heavy atom. The number of halogens is 1. The zero-order chi connectivity index (χ0) is 23.6. The summed E-state index contributed by atoms with van der Waals surface area (Å²) in [5, 5.41) is 42.9. The summed E-state index contributed by atoms with van der Waals surface area (Å²) in [6.45, 7) is -0.601. The van der Waals surface area contributed by atoms with E-state index in [2.05, 4.69) is 0 Å². The fraction of sp³-hybridized carbons (Fsp3) is 0.360. The van der Waals surface area contributed by atoms with E-state index in [0.29, 0.717) is 12.0 Å². The van der Waals surface area contributed by atoms with Crippen LogP contribution in [-0.4, -0.2) is 58.6 Å². The Morgan fingerprint density at radius 3 is 2.45 bits per heavy atom. The van der Waals surface area contributed by atoms with Crippen molar-refractivity contribution in [3.8, 4) is 0 Å². The maximum absolute atomic E-state index is 15.2. The van der Waals surface area contributed by atoms with Crippen molar-refractivity contribution in [1.82, 2.24) is 0 Å². The summed E-state index contributed by atoms with van der Waals surface area (Å²) < 4.78 is 26.5. The summed E-state index contributed by atoms with van der Waals surface area (Å²) in [4.78, 5) is 0.968. The van der Waals surface area contributed by atoms with E-state index in [0.717, 1.165) is 10.4 Å². The molecule has 0 saturated carbocycles. The molecule has 4 rings (SSSR count). The fourth-order valence-corrected chi connectivity index (χ4v) is 5.24. The Morgan fingerprint density at radius 1 is 1.06 bits per heavy atom. The highest BCUT2D eigenvalue weighted by Gasteiger charge is 2.55. The van der Waals surface area contributed by atoms with Crippen molar-refractivity contribution < 1.29 is 34.3 Å². The zero-order valence-electron chi connectivity index (χ0n) is 18.0. The lowest BCUT2D eigenvalue weighted by Gasteiger charge is -2.47. The van der Waals surface area contributed by atoms with Gasteiger partial charge in [-0.15, -0.1) is 11.3 Å². The number of hydrogen-bond donors (Lipinski definition) is 4. The maximum atomic E-state index is 15.2. The van der Waals surface area contributed by atoms with Gasteiger partial charge in [-0.2, -0.15) is 0 Å². The van der Waals surface area contributed by atoms with Gasteiger partial charge >= 0.3 is 0 Å². The average Bonchev–Trinajstić information content (AvgIpc) is 3.38. The summed E-state index contributed by atoms with van der Waals surface area (Å²) in [5.41, 5.74) is 1.69. The smallest absolute Gasteiger partial charge is 0.224 e. The van der Waals surface area contributed by atoms with Crippen LogP contribution in [0.1, 0.15) is 27.5 Å². The predicted molar refractivity (Wildman–Crippen MR) is 121 cm³/mol. The third-order valence-corrected chi connectivity index (χ3v) is 7.18. The lowest BCUT2D eigenvalue weighted by Crippen LogP contribution is -2.64. The second kappa shape index (κ2) is 9.99. The minimum Gasteiger partial charge on any atom is -0.394 e. The quantitative estimate of drug-likeness (QED) is 0.420. The number of methoxy groups -OCH3 is 1. The molecule has 0 amide bonds. The lowest BCUT2D eigenvalue weighted by molar-refractivity contribution is -0.366. The molecular weight excluding hydrogens is 447 g/mol. The van der Waals surface area contributed by atoms with Gasteiger partial charge in [0.1, 0.15) is 30.2 Å². The highest BCUT2D eigenvalue weighted by molar-refractivity contribution is 7.10. The average molecular weight is 475 g/mol. The largest absolute Gasteiger partial charge is 0.394 e. The molecule has 1 aliphatic heterocycles. The Labute approximate surface area is 195 Å². The van der Waals surface area contributed by atoms with Gasteiger partial charge in [0.2, 0.25) is 5.79 Å². The molecule has 1 aromatic heterocycles. The number of hydrogen-bond acceptors (Lipinski definition) is 7. The van der Waals surface area contributed by atoms with Gasteiger partial charge < -0.3 is 29.9 Å². The minimum absolute atomic E-state index is 0.271. The molecule has 33 heavy (non-hydrogen) atoms. The van der Waals surface area contributed by atoms with Gasteiger partial charge in [-0.05, 0) is 41.1 Å². The molecule has 176 valence electrons. The zero-order valence-corrected chi connectivity index (χ0v) is 18.9. The van der Waals surface area contributed by atoms with Gasteiger partial charge in [-0.3, -0.25) is 0 Å². The summed E-state index contributed by atoms with van der Waals surface area (Å²) in [6.07, 6.45) is -5.47. The van der Waals surface area contributed by atoms with Crippen LogP contribution < -0.4 is 0 Å². The van der Waals surface area contributed by atoms with Crippen LogP contribution in [0.3, 0.4) is 0 Å². The molecule has 0 radical (unpaired) electrons. The van der Waals surface area contributed by atoms with Crippen LogP contribution in [0.4, 0.5) is 4.39 Å². The van der Waals surface area contributed by atoms with E-state index in [1.165, 1.54) is 30.6 Å². The van der Waals surface area contributed by atoms with Crippen LogP contribution in [0.5, 0.6) is 0 Å². The lowest BCUT2D eigenvalue weighted by atomic mass is 9.84. The first-order chi connectivity index (χ1) is 15.9. The van der Waals surface area contributed by atoms with Crippen molar-refractivity contribution >= 4 is 11.3 Å². The Hall–Kier alpha value is -2.17. The third kappa shape index (κ3) is 4.48. The van der Waals surface area contributed by atoms with E-state index in [4.69, 9.17) is 9.47 Å². The summed E-state index contributed by atoms with van der Waals surface area (Å²) in [6, 6.07) is 17.9. The fourth-order valence-electron chi connectivity index (χ4n) is 4.40. The molecule has 1 fully saturated rings. The van der Waals surface area contributed by atoms with E-state index >= 15 is 4.39 Å². The van der Waals surface area contributed by atoms with Gasteiger partial charge in [-0.1, -0.05) is 42.5 Å². The SMILES string of the molecule is CO[C@@]1(c2ccc(F)c(C(Cc3ccccc3)c3cccs3)c2)O[C@H](CO)[C@@H](O)[C@H](O)[C@H]1O. The molecule has 3 aromatic rings. The first kappa shape index (κ1) is 24.0. The van der Waals surface area contributed by atoms with E-state index in [1.807, 2.05) is 47.8 Å². The van der Waals surface area contributed by atoms with Crippen molar-refractivity contribution in [3.63, 3.8) is 0 Å². The van der Waals surface area contributed by atoms with Crippen molar-refractivity contribution in [2.45, 2.75) is 42.5 Å². The molecule has 6 nitrogen and oxygen atoms in total. The molecule has 1 aliphatic rings. The van der Waals surface area contributed by atoms with E-state index in [9.17, 15) is 20.4 Å². The van der Waals surface area contributed by atoms with Crippen LogP contribution in [0, 0.1) is 5.82 Å². The number of benzene rings is 2. The monoisotopic (exact) mass is 474 g/mol. The highest BCUT2D eigenvalue weighted by Crippen LogP contribution is 2.42. The highest BCUT2D eigenvalue weighted by atomic mass is 32.1. The molecule has 4 N–H and O–H groups in total. The summed E-state index contributed by atoms with van der Waals surface area (Å²) in [5.74, 6) is -2.64. The molecule has 0 spiro atoms. The predicted octanol–water partition coefficient (Wildman–Crippen LogP) is 2.53. The number of rotatable bonds is 7. The first-order valence-corrected chi connectivity index (χ1v) is 11.5. The first-order valence-electron chi connectivity index (χ1n) is 10.7. The Bertz CT molecular complexity index is 1040. The topological polar surface area (TPSA) is 99.4 Å². The maximum Gasteiger partial charge on any atom is 0.224 e. The molecule has 8 heteroatoms. The third-order valence-electron chi connectivity index (χ3n) is 6.20. The van der Waals surface area contributed by atoms with Crippen LogP contribution in [-0.2, 0) is 21.7 Å². The summed E-state index contributed by atoms with van der Waals surface area (Å²) in [7, 11) is 1.28. The Kier molecular flexibility index (Phi) is 7.25. The molecule has 1 saturated heterocycles. The second-order valence-electron chi connectivity index (χ2n) is 8.13. The second-order valence-corrected chi connectivity index (χ2v) is 9.11. The molecule has 0 aliphatic carbocycles. The molecule has 1 unspecified atom stereocenters. The molecular formula is C25H27FO6S. The van der Waals surface area contributed by atoms with Crippen LogP contribution >= 0.6 is 11.3 Å². The van der Waals surface area contributed by atoms with E-state index < -0.39 is 42.6 Å². The van der Waals surface area contributed by atoms with Gasteiger partial charge in [0.05, 0.1) is 6.61 Å². The number of ether oxygens (including phenoxy) is 2. The normalized spacial score (nSPS) is 28.5. The molecule has 2 aromatic carbocycles. The molecule has 2 heterocycles. The minimum atomic E-state index is -1.90. The van der Waals surface area contributed by atoms with Crippen molar-refractivity contribution in [3.05, 3.63) is 93.4 Å². The van der Waals surface area contributed by atoms with Crippen molar-refractivity contribution in [1.29, 1.82) is 0 Å². The number of aliphatic hydroxyl groups excluding tert-OH is 4. The molecule has 0 bridgehead atoms. The van der Waals surface area contributed by atoms with Crippen molar-refractivity contribution in [2.75, 3.05) is 13.7 Å². The van der Waals surface area contributed by atoms with Crippen LogP contribution in [0.15, 0.2) is 66.0 Å². The van der Waals surface area contributed by atoms with Crippen molar-refractivity contribution in [2.24, 2.45) is 0 Å². The van der Waals surface area contributed by atoms with E-state index in [1.54, 1.807) is 6.07 Å². The standard InChI is InChI=1S/C25H27FO6S/c1-31-25(24(30)23(29)22(28)20(14-27)32-25)16-9-10-19(26)17(13-16)18(21-8-5-11-33-21)12-15-6-3-2-4-7-15/h2-11,13,18,20,22-24,27-30H,12,14H2,1H3/t18?,20-,22-,23+,24-,25+/m1/s1. The van der Waals surface area contributed by atoms with Crippen LogP contribution in [0.2, 0.25) is 0 Å². The van der Waals surface area contributed by atoms with Gasteiger partial charge in [-0.25, -0.2) is 4.39 Å². The Balaban J connectivity index is 1.80. The van der Waals surface area contributed by atoms with Gasteiger partial charge in [0, 0.05) is 23.5 Å². The number of aliphatic hydroxyl groups is 4. The van der Waals surface area contributed by atoms with Crippen LogP contribution in [0.25, 0.3) is 0 Å². The van der Waals surface area contributed by atoms with Gasteiger partial charge in [0.15, 0.2) is 0 Å². The number of thiophene rings is 1. The van der Waals surface area contributed by atoms with E-state index in [-0.39, 0.29) is 11.5 Å². The summed E-state index contributed by atoms with van der Waals surface area (Å²) >= 11 is 1.52. The van der Waals surface area contributed by atoms with Gasteiger partial charge in [0.25, 0.3) is 0 Å². The molecule has 6 atom stereocenters.